The minimum absolute atomic E-state index is 0.0247. The second-order valence-electron chi connectivity index (χ2n) is 5.08. The molecule has 0 aromatic heterocycles. The monoisotopic (exact) mass is 284 g/mol. The summed E-state index contributed by atoms with van der Waals surface area (Å²) in [7, 11) is 1.13. The van der Waals surface area contributed by atoms with Gasteiger partial charge in [-0.2, -0.15) is 0 Å². The highest BCUT2D eigenvalue weighted by Gasteiger charge is 2.28. The van der Waals surface area contributed by atoms with E-state index >= 15 is 0 Å². The average Bonchev–Trinajstić information content (AvgIpc) is 2.42. The lowest BCUT2D eigenvalue weighted by atomic mass is 9.98. The van der Waals surface area contributed by atoms with Crippen LogP contribution < -0.4 is 10.6 Å². The molecule has 1 aromatic rings. The second kappa shape index (κ2) is 5.75. The van der Waals surface area contributed by atoms with Gasteiger partial charge in [0.2, 0.25) is 0 Å². The molecule has 1 aliphatic rings. The van der Waals surface area contributed by atoms with Gasteiger partial charge in [0.1, 0.15) is 0 Å². The predicted octanol–water partition coefficient (Wildman–Crippen LogP) is 2.07. The standard InChI is InChI=1S/C14H18F2N2O2/c1-8-7-9(17)5-6-18(8)11-4-3-10(14(19)20-2)12(15)13(11)16/h3-4,8-9H,5-7,17H2,1-2H3. The van der Waals surface area contributed by atoms with Gasteiger partial charge < -0.3 is 15.4 Å². The minimum atomic E-state index is -1.17. The van der Waals surface area contributed by atoms with E-state index in [9.17, 15) is 13.6 Å². The molecule has 110 valence electrons. The number of benzene rings is 1. The van der Waals surface area contributed by atoms with Gasteiger partial charge in [0, 0.05) is 18.6 Å². The van der Waals surface area contributed by atoms with Crippen LogP contribution in [0.15, 0.2) is 12.1 Å². The van der Waals surface area contributed by atoms with Crippen LogP contribution in [0.4, 0.5) is 14.5 Å². The molecule has 20 heavy (non-hydrogen) atoms. The first kappa shape index (κ1) is 14.7. The van der Waals surface area contributed by atoms with Gasteiger partial charge in [-0.05, 0) is 31.9 Å². The molecule has 2 atom stereocenters. The van der Waals surface area contributed by atoms with Crippen LogP contribution >= 0.6 is 0 Å². The van der Waals surface area contributed by atoms with Crippen LogP contribution in [-0.2, 0) is 4.74 Å². The molecule has 1 aliphatic heterocycles. The first-order chi connectivity index (χ1) is 9.45. The van der Waals surface area contributed by atoms with Crippen molar-refractivity contribution in [3.8, 4) is 0 Å². The van der Waals surface area contributed by atoms with Crippen molar-refractivity contribution in [1.29, 1.82) is 0 Å². The third kappa shape index (κ3) is 2.60. The van der Waals surface area contributed by atoms with Gasteiger partial charge in [-0.15, -0.1) is 0 Å². The van der Waals surface area contributed by atoms with Crippen LogP contribution in [0, 0.1) is 11.6 Å². The summed E-state index contributed by atoms with van der Waals surface area (Å²) in [5, 5.41) is 0. The number of anilines is 1. The number of piperidine rings is 1. The van der Waals surface area contributed by atoms with Gasteiger partial charge in [-0.25, -0.2) is 13.6 Å². The van der Waals surface area contributed by atoms with Gasteiger partial charge in [0.05, 0.1) is 18.4 Å². The molecule has 1 fully saturated rings. The van der Waals surface area contributed by atoms with Crippen LogP contribution in [0.25, 0.3) is 0 Å². The molecule has 0 aliphatic carbocycles. The number of methoxy groups -OCH3 is 1. The number of halogens is 2. The number of ether oxygens (including phenoxy) is 1. The molecule has 0 saturated carbocycles. The van der Waals surface area contributed by atoms with E-state index in [4.69, 9.17) is 5.73 Å². The predicted molar refractivity (Wildman–Crippen MR) is 71.7 cm³/mol. The Morgan fingerprint density at radius 2 is 2.10 bits per heavy atom. The van der Waals surface area contributed by atoms with Crippen LogP contribution in [0.2, 0.25) is 0 Å². The fourth-order valence-corrected chi connectivity index (χ4v) is 2.60. The number of rotatable bonds is 2. The number of hydrogen-bond acceptors (Lipinski definition) is 4. The third-order valence-corrected chi connectivity index (χ3v) is 3.69. The number of esters is 1. The van der Waals surface area contributed by atoms with Crippen LogP contribution in [0.5, 0.6) is 0 Å². The van der Waals surface area contributed by atoms with Gasteiger partial charge in [0.15, 0.2) is 11.6 Å². The maximum Gasteiger partial charge on any atom is 0.340 e. The molecule has 6 heteroatoms. The molecular weight excluding hydrogens is 266 g/mol. The lowest BCUT2D eigenvalue weighted by Gasteiger charge is -2.38. The molecule has 2 rings (SSSR count). The van der Waals surface area contributed by atoms with E-state index in [0.717, 1.165) is 20.0 Å². The van der Waals surface area contributed by atoms with Crippen molar-refractivity contribution in [3.63, 3.8) is 0 Å². The van der Waals surface area contributed by atoms with Gasteiger partial charge in [-0.3, -0.25) is 0 Å². The zero-order valence-electron chi connectivity index (χ0n) is 11.5. The number of nitrogens with two attached hydrogens (primary N) is 1. The Bertz CT molecular complexity index is 522. The largest absolute Gasteiger partial charge is 0.465 e. The highest BCUT2D eigenvalue weighted by Crippen LogP contribution is 2.29. The highest BCUT2D eigenvalue weighted by atomic mass is 19.2. The maximum absolute atomic E-state index is 14.2. The van der Waals surface area contributed by atoms with E-state index in [2.05, 4.69) is 4.74 Å². The zero-order valence-corrected chi connectivity index (χ0v) is 11.5. The van der Waals surface area contributed by atoms with Crippen molar-refractivity contribution < 1.29 is 18.3 Å². The van der Waals surface area contributed by atoms with Crippen LogP contribution in [-0.4, -0.2) is 31.7 Å². The van der Waals surface area contributed by atoms with E-state index in [0.29, 0.717) is 6.54 Å². The van der Waals surface area contributed by atoms with Gasteiger partial charge >= 0.3 is 5.97 Å². The highest BCUT2D eigenvalue weighted by molar-refractivity contribution is 5.90. The minimum Gasteiger partial charge on any atom is -0.465 e. The summed E-state index contributed by atoms with van der Waals surface area (Å²) in [5.74, 6) is -3.08. The number of carbonyl (C=O) groups excluding carboxylic acids is 1. The van der Waals surface area contributed by atoms with Crippen molar-refractivity contribution >= 4 is 11.7 Å². The van der Waals surface area contributed by atoms with Crippen molar-refractivity contribution in [1.82, 2.24) is 0 Å². The Labute approximate surface area is 116 Å². The Balaban J connectivity index is 2.34. The second-order valence-corrected chi connectivity index (χ2v) is 5.08. The average molecular weight is 284 g/mol. The van der Waals surface area contributed by atoms with Crippen molar-refractivity contribution in [2.24, 2.45) is 5.73 Å². The molecule has 4 nitrogen and oxygen atoms in total. The van der Waals surface area contributed by atoms with E-state index in [1.165, 1.54) is 12.1 Å². The first-order valence-electron chi connectivity index (χ1n) is 6.54. The molecule has 1 heterocycles. The lowest BCUT2D eigenvalue weighted by molar-refractivity contribution is 0.0594. The quantitative estimate of drug-likeness (QED) is 0.845. The molecule has 0 amide bonds. The SMILES string of the molecule is COC(=O)c1ccc(N2CCC(N)CC2C)c(F)c1F. The maximum atomic E-state index is 14.2. The fraction of sp³-hybridized carbons (Fsp3) is 0.500. The number of carbonyl (C=O) groups is 1. The molecule has 1 aromatic carbocycles. The van der Waals surface area contributed by atoms with Crippen LogP contribution in [0.3, 0.4) is 0 Å². The van der Waals surface area contributed by atoms with Crippen molar-refractivity contribution in [2.45, 2.75) is 31.8 Å². The molecular formula is C14H18F2N2O2. The number of hydrogen-bond donors (Lipinski definition) is 1. The van der Waals surface area contributed by atoms with Crippen molar-refractivity contribution in [2.75, 3.05) is 18.6 Å². The summed E-state index contributed by atoms with van der Waals surface area (Å²) in [6, 6.07) is 2.78. The third-order valence-electron chi connectivity index (χ3n) is 3.69. The normalized spacial score (nSPS) is 22.8. The summed E-state index contributed by atoms with van der Waals surface area (Å²) in [6.07, 6.45) is 1.45. The van der Waals surface area contributed by atoms with E-state index in [1.54, 1.807) is 4.90 Å². The summed E-state index contributed by atoms with van der Waals surface area (Å²) < 4.78 is 32.5. The molecule has 0 bridgehead atoms. The first-order valence-corrected chi connectivity index (χ1v) is 6.54. The summed E-state index contributed by atoms with van der Waals surface area (Å²) in [6.45, 7) is 2.49. The Morgan fingerprint density at radius 1 is 1.40 bits per heavy atom. The summed E-state index contributed by atoms with van der Waals surface area (Å²) in [4.78, 5) is 13.1. The fourth-order valence-electron chi connectivity index (χ4n) is 2.60. The van der Waals surface area contributed by atoms with Crippen molar-refractivity contribution in [3.05, 3.63) is 29.3 Å². The molecule has 2 unspecified atom stereocenters. The Hall–Kier alpha value is -1.69. The number of nitrogens with zero attached hydrogens (tertiary/aromatic N) is 1. The van der Waals surface area contributed by atoms with E-state index < -0.39 is 23.2 Å². The lowest BCUT2D eigenvalue weighted by Crippen LogP contribution is -2.46. The van der Waals surface area contributed by atoms with E-state index in [-0.39, 0.29) is 17.8 Å². The van der Waals surface area contributed by atoms with Crippen LogP contribution in [0.1, 0.15) is 30.1 Å². The molecule has 0 spiro atoms. The summed E-state index contributed by atoms with van der Waals surface area (Å²) in [5.41, 5.74) is 5.63. The molecule has 1 saturated heterocycles. The molecule has 2 N–H and O–H groups in total. The smallest absolute Gasteiger partial charge is 0.340 e. The Morgan fingerprint density at radius 3 is 2.70 bits per heavy atom. The van der Waals surface area contributed by atoms with E-state index in [1.807, 2.05) is 6.92 Å². The topological polar surface area (TPSA) is 55.6 Å². The van der Waals surface area contributed by atoms with Gasteiger partial charge in [-0.1, -0.05) is 0 Å². The molecule has 0 radical (unpaired) electrons. The summed E-state index contributed by atoms with van der Waals surface area (Å²) >= 11 is 0. The Kier molecular flexibility index (Phi) is 4.23. The zero-order chi connectivity index (χ0) is 14.9. The van der Waals surface area contributed by atoms with Gasteiger partial charge in [0.25, 0.3) is 0 Å².